The average molecular weight is 349 g/mol. The van der Waals surface area contributed by atoms with Gasteiger partial charge in [0, 0.05) is 13.0 Å². The van der Waals surface area contributed by atoms with Crippen molar-refractivity contribution in [3.05, 3.63) is 11.8 Å². The first-order valence-corrected chi connectivity index (χ1v) is 9.57. The summed E-state index contributed by atoms with van der Waals surface area (Å²) in [6.45, 7) is 8.77. The Hall–Kier alpha value is -1.47. The van der Waals surface area contributed by atoms with E-state index in [1.54, 1.807) is 0 Å². The Morgan fingerprint density at radius 3 is 2.64 bits per heavy atom. The zero-order valence-electron chi connectivity index (χ0n) is 15.8. The number of carbonyl (C=O) groups is 1. The second-order valence-corrected chi connectivity index (χ2v) is 7.65. The predicted octanol–water partition coefficient (Wildman–Crippen LogP) is 1.44. The first-order valence-electron chi connectivity index (χ1n) is 9.57. The number of aryl methyl sites for hydroxylation is 1. The maximum Gasteiger partial charge on any atom is 0.237 e. The maximum absolute atomic E-state index is 12.8. The lowest BCUT2D eigenvalue weighted by Crippen LogP contribution is -2.43. The van der Waals surface area contributed by atoms with Crippen LogP contribution < -0.4 is 5.32 Å². The minimum atomic E-state index is -0.0306. The molecule has 2 aliphatic rings. The SMILES string of the molecule is CCCN1CC2(CCN(C)CC2)CC1C(=O)NCc1nnc(CC)o1. The van der Waals surface area contributed by atoms with E-state index in [-0.39, 0.29) is 11.9 Å². The highest BCUT2D eigenvalue weighted by Crippen LogP contribution is 2.43. The molecule has 2 aliphatic heterocycles. The molecule has 1 atom stereocenters. The number of hydrogen-bond acceptors (Lipinski definition) is 6. The average Bonchev–Trinajstić information content (AvgIpc) is 3.21. The summed E-state index contributed by atoms with van der Waals surface area (Å²) < 4.78 is 5.49. The molecule has 25 heavy (non-hydrogen) atoms. The standard InChI is InChI=1S/C18H31N5O2/c1-4-8-23-13-18(6-9-22(3)10-7-18)11-14(23)17(24)19-12-16-21-20-15(5-2)25-16/h14H,4-13H2,1-3H3,(H,19,24). The molecule has 2 fully saturated rings. The second kappa shape index (κ2) is 7.83. The van der Waals surface area contributed by atoms with Gasteiger partial charge in [0.05, 0.1) is 12.6 Å². The lowest BCUT2D eigenvalue weighted by molar-refractivity contribution is -0.125. The fourth-order valence-corrected chi connectivity index (χ4v) is 4.16. The number of aromatic nitrogens is 2. The number of nitrogens with zero attached hydrogens (tertiary/aromatic N) is 4. The minimum absolute atomic E-state index is 0.0306. The third-order valence-electron chi connectivity index (χ3n) is 5.69. The zero-order valence-corrected chi connectivity index (χ0v) is 15.8. The molecule has 140 valence electrons. The molecule has 0 aliphatic carbocycles. The van der Waals surface area contributed by atoms with Crippen LogP contribution in [0.3, 0.4) is 0 Å². The molecule has 1 aromatic heterocycles. The van der Waals surface area contributed by atoms with E-state index in [4.69, 9.17) is 4.42 Å². The smallest absolute Gasteiger partial charge is 0.237 e. The highest BCUT2D eigenvalue weighted by atomic mass is 16.4. The Kier molecular flexibility index (Phi) is 5.74. The van der Waals surface area contributed by atoms with Crippen LogP contribution in [0, 0.1) is 5.41 Å². The van der Waals surface area contributed by atoms with E-state index in [0.717, 1.165) is 39.0 Å². The van der Waals surface area contributed by atoms with Gasteiger partial charge in [0.2, 0.25) is 17.7 Å². The van der Waals surface area contributed by atoms with Crippen molar-refractivity contribution in [3.63, 3.8) is 0 Å². The molecule has 7 heteroatoms. The zero-order chi connectivity index (χ0) is 17.9. The summed E-state index contributed by atoms with van der Waals surface area (Å²) in [6.07, 6.45) is 5.14. The molecule has 1 N–H and O–H groups in total. The van der Waals surface area contributed by atoms with Crippen molar-refractivity contribution in [2.75, 3.05) is 33.2 Å². The number of piperidine rings is 1. The molecule has 2 saturated heterocycles. The van der Waals surface area contributed by atoms with Crippen LogP contribution in [-0.2, 0) is 17.8 Å². The van der Waals surface area contributed by atoms with Crippen LogP contribution in [0.1, 0.15) is 51.3 Å². The second-order valence-electron chi connectivity index (χ2n) is 7.65. The van der Waals surface area contributed by atoms with Gasteiger partial charge in [-0.15, -0.1) is 10.2 Å². The molecule has 1 unspecified atom stereocenters. The molecule has 0 aromatic carbocycles. The van der Waals surface area contributed by atoms with Crippen molar-refractivity contribution in [3.8, 4) is 0 Å². The summed E-state index contributed by atoms with van der Waals surface area (Å²) in [5.74, 6) is 1.20. The van der Waals surface area contributed by atoms with Crippen molar-refractivity contribution in [1.29, 1.82) is 0 Å². The van der Waals surface area contributed by atoms with Crippen molar-refractivity contribution >= 4 is 5.91 Å². The summed E-state index contributed by atoms with van der Waals surface area (Å²) in [4.78, 5) is 17.6. The van der Waals surface area contributed by atoms with Gasteiger partial charge in [-0.3, -0.25) is 9.69 Å². The maximum atomic E-state index is 12.8. The molecule has 3 rings (SSSR count). The predicted molar refractivity (Wildman–Crippen MR) is 95.0 cm³/mol. The Labute approximate surface area is 150 Å². The first kappa shape index (κ1) is 18.3. The van der Waals surface area contributed by atoms with Gasteiger partial charge >= 0.3 is 0 Å². The molecule has 0 bridgehead atoms. The number of amides is 1. The molecule has 1 amide bonds. The van der Waals surface area contributed by atoms with Crippen molar-refractivity contribution < 1.29 is 9.21 Å². The van der Waals surface area contributed by atoms with Gasteiger partial charge in [-0.1, -0.05) is 13.8 Å². The largest absolute Gasteiger partial charge is 0.423 e. The normalized spacial score (nSPS) is 24.0. The van der Waals surface area contributed by atoms with Crippen molar-refractivity contribution in [2.45, 2.75) is 58.5 Å². The molecule has 7 nitrogen and oxygen atoms in total. The van der Waals surface area contributed by atoms with E-state index in [9.17, 15) is 4.79 Å². The van der Waals surface area contributed by atoms with Crippen LogP contribution in [0.15, 0.2) is 4.42 Å². The summed E-state index contributed by atoms with van der Waals surface area (Å²) in [5.41, 5.74) is 0.309. The molecule has 1 spiro atoms. The highest BCUT2D eigenvalue weighted by Gasteiger charge is 2.47. The first-order chi connectivity index (χ1) is 12.0. The Bertz CT molecular complexity index is 580. The lowest BCUT2D eigenvalue weighted by Gasteiger charge is -2.37. The summed E-state index contributed by atoms with van der Waals surface area (Å²) >= 11 is 0. The lowest BCUT2D eigenvalue weighted by atomic mass is 9.76. The minimum Gasteiger partial charge on any atom is -0.423 e. The van der Waals surface area contributed by atoms with Crippen LogP contribution in [0.25, 0.3) is 0 Å². The molecular weight excluding hydrogens is 318 g/mol. The van der Waals surface area contributed by atoms with Crippen molar-refractivity contribution in [2.24, 2.45) is 5.41 Å². The summed E-state index contributed by atoms with van der Waals surface area (Å²) in [6, 6.07) is -0.0306. The topological polar surface area (TPSA) is 74.5 Å². The highest BCUT2D eigenvalue weighted by molar-refractivity contribution is 5.82. The van der Waals surface area contributed by atoms with Gasteiger partial charge in [-0.25, -0.2) is 0 Å². The van der Waals surface area contributed by atoms with E-state index >= 15 is 0 Å². The van der Waals surface area contributed by atoms with Crippen LogP contribution in [0.4, 0.5) is 0 Å². The molecule has 0 saturated carbocycles. The molecular formula is C18H31N5O2. The molecule has 3 heterocycles. The van der Waals surface area contributed by atoms with Gasteiger partial charge < -0.3 is 14.6 Å². The Balaban J connectivity index is 1.60. The third kappa shape index (κ3) is 4.20. The Morgan fingerprint density at radius 1 is 1.28 bits per heavy atom. The van der Waals surface area contributed by atoms with Gasteiger partial charge in [0.25, 0.3) is 0 Å². The van der Waals surface area contributed by atoms with Crippen LogP contribution in [0.5, 0.6) is 0 Å². The van der Waals surface area contributed by atoms with Gasteiger partial charge in [0.1, 0.15) is 0 Å². The third-order valence-corrected chi connectivity index (χ3v) is 5.69. The number of hydrogen-bond donors (Lipinski definition) is 1. The van der Waals surface area contributed by atoms with Gasteiger partial charge in [-0.05, 0) is 57.8 Å². The van der Waals surface area contributed by atoms with E-state index in [1.807, 2.05) is 6.92 Å². The van der Waals surface area contributed by atoms with Crippen LogP contribution >= 0.6 is 0 Å². The number of likely N-dealkylation sites (tertiary alicyclic amines) is 2. The van der Waals surface area contributed by atoms with Crippen LogP contribution in [0.2, 0.25) is 0 Å². The fraction of sp³-hybridized carbons (Fsp3) is 0.833. The Morgan fingerprint density at radius 2 is 2.00 bits per heavy atom. The van der Waals surface area contributed by atoms with Gasteiger partial charge in [0.15, 0.2) is 0 Å². The van der Waals surface area contributed by atoms with E-state index in [1.165, 1.54) is 12.8 Å². The van der Waals surface area contributed by atoms with Crippen molar-refractivity contribution in [1.82, 2.24) is 25.3 Å². The van der Waals surface area contributed by atoms with E-state index < -0.39 is 0 Å². The van der Waals surface area contributed by atoms with Gasteiger partial charge in [-0.2, -0.15) is 0 Å². The number of carbonyl (C=O) groups excluding carboxylic acids is 1. The molecule has 1 aromatic rings. The monoisotopic (exact) mass is 349 g/mol. The van der Waals surface area contributed by atoms with E-state index in [0.29, 0.717) is 30.2 Å². The number of rotatable bonds is 6. The summed E-state index contributed by atoms with van der Waals surface area (Å²) in [5, 5.41) is 10.9. The quantitative estimate of drug-likeness (QED) is 0.838. The fourth-order valence-electron chi connectivity index (χ4n) is 4.16. The van der Waals surface area contributed by atoms with E-state index in [2.05, 4.69) is 39.3 Å². The molecule has 0 radical (unpaired) electrons. The summed E-state index contributed by atoms with van der Waals surface area (Å²) in [7, 11) is 2.19. The number of nitrogens with one attached hydrogen (secondary N) is 1. The van der Waals surface area contributed by atoms with Crippen LogP contribution in [-0.4, -0.2) is 65.2 Å².